The van der Waals surface area contributed by atoms with Crippen LogP contribution in [0, 0.1) is 0 Å². The van der Waals surface area contributed by atoms with Gasteiger partial charge in [-0.3, -0.25) is 19.7 Å². The summed E-state index contributed by atoms with van der Waals surface area (Å²) in [5.74, 6) is -0.599. The molecule has 3 rings (SSSR count). The Morgan fingerprint density at radius 2 is 2.03 bits per heavy atom. The van der Waals surface area contributed by atoms with Crippen molar-refractivity contribution >= 4 is 11.8 Å². The van der Waals surface area contributed by atoms with E-state index in [-0.39, 0.29) is 24.4 Å². The summed E-state index contributed by atoms with van der Waals surface area (Å²) in [6.07, 6.45) is -6.27. The van der Waals surface area contributed by atoms with Crippen molar-refractivity contribution in [3.8, 4) is 0 Å². The summed E-state index contributed by atoms with van der Waals surface area (Å²) < 4.78 is 43.3. The molecule has 3 atom stereocenters. The van der Waals surface area contributed by atoms with Gasteiger partial charge in [-0.2, -0.15) is 18.7 Å². The molecule has 2 heterocycles. The number of amides is 2. The summed E-state index contributed by atoms with van der Waals surface area (Å²) in [6, 6.07) is 5.75. The van der Waals surface area contributed by atoms with Gasteiger partial charge in [0.05, 0.1) is 19.3 Å². The van der Waals surface area contributed by atoms with E-state index in [1.165, 1.54) is 30.3 Å². The Bertz CT molecular complexity index is 756. The molecule has 0 saturated carbocycles. The molecule has 2 amide bonds. The molecule has 2 saturated heterocycles. The third-order valence-corrected chi connectivity index (χ3v) is 4.61. The average Bonchev–Trinajstić information content (AvgIpc) is 3.22. The highest BCUT2D eigenvalue weighted by atomic mass is 19.4. The summed E-state index contributed by atoms with van der Waals surface area (Å²) in [6.45, 7) is 4.82. The van der Waals surface area contributed by atoms with Crippen LogP contribution < -0.4 is 16.1 Å². The average molecular weight is 414 g/mol. The Balaban J connectivity index is 1.55. The van der Waals surface area contributed by atoms with E-state index in [0.29, 0.717) is 30.9 Å². The fraction of sp³-hybridized carbons (Fsp3) is 0.444. The zero-order valence-electron chi connectivity index (χ0n) is 15.4. The second-order valence-corrected chi connectivity index (χ2v) is 6.55. The lowest BCUT2D eigenvalue weighted by molar-refractivity contribution is -0.224. The molecule has 0 aromatic heterocycles. The highest BCUT2D eigenvalue weighted by Gasteiger charge is 2.46. The molecule has 2 aliphatic rings. The van der Waals surface area contributed by atoms with E-state index in [9.17, 15) is 22.8 Å². The van der Waals surface area contributed by atoms with Crippen LogP contribution in [0.25, 0.3) is 0 Å². The lowest BCUT2D eigenvalue weighted by atomic mass is 10.1. The van der Waals surface area contributed by atoms with Crippen molar-refractivity contribution in [1.82, 2.24) is 21.0 Å². The smallest absolute Gasteiger partial charge is 0.377 e. The quantitative estimate of drug-likeness (QED) is 0.619. The number of carbonyl (C=O) groups excluding carboxylic acids is 2. The van der Waals surface area contributed by atoms with E-state index in [2.05, 4.69) is 27.5 Å². The van der Waals surface area contributed by atoms with Gasteiger partial charge in [0.1, 0.15) is 6.17 Å². The van der Waals surface area contributed by atoms with Crippen molar-refractivity contribution in [2.45, 2.75) is 24.6 Å². The lowest BCUT2D eigenvalue weighted by Crippen LogP contribution is -2.53. The molecule has 11 heteroatoms. The largest absolute Gasteiger partial charge is 0.430 e. The van der Waals surface area contributed by atoms with Crippen molar-refractivity contribution in [2.24, 2.45) is 0 Å². The molecular formula is C18H21F3N4O4. The molecule has 2 fully saturated rings. The Morgan fingerprint density at radius 1 is 1.31 bits per heavy atom. The number of hydrogen-bond donors (Lipinski definition) is 3. The van der Waals surface area contributed by atoms with E-state index in [1.807, 2.05) is 0 Å². The summed E-state index contributed by atoms with van der Waals surface area (Å²) in [5, 5.41) is 5.01. The number of nitrogens with one attached hydrogen (secondary N) is 3. The number of hydrogen-bond acceptors (Lipinski definition) is 6. The third kappa shape index (κ3) is 5.12. The minimum atomic E-state index is -4.54. The fourth-order valence-corrected chi connectivity index (χ4v) is 3.05. The molecule has 29 heavy (non-hydrogen) atoms. The van der Waals surface area contributed by atoms with E-state index < -0.39 is 18.6 Å². The number of rotatable bonds is 5. The summed E-state index contributed by atoms with van der Waals surface area (Å²) in [5.41, 5.74) is 3.09. The van der Waals surface area contributed by atoms with Crippen LogP contribution in [0.5, 0.6) is 0 Å². The van der Waals surface area contributed by atoms with Crippen molar-refractivity contribution in [3.63, 3.8) is 0 Å². The number of halogens is 3. The van der Waals surface area contributed by atoms with Crippen LogP contribution in [0.15, 0.2) is 36.9 Å². The topological polar surface area (TPSA) is 91.9 Å². The van der Waals surface area contributed by atoms with Gasteiger partial charge >= 0.3 is 6.18 Å². The molecule has 1 aromatic carbocycles. The van der Waals surface area contributed by atoms with Gasteiger partial charge in [-0.1, -0.05) is 18.7 Å². The number of ether oxygens (including phenoxy) is 1. The summed E-state index contributed by atoms with van der Waals surface area (Å²) >= 11 is 0. The Labute approximate surface area is 165 Å². The zero-order chi connectivity index (χ0) is 21.0. The van der Waals surface area contributed by atoms with Crippen LogP contribution in [-0.4, -0.2) is 61.5 Å². The van der Waals surface area contributed by atoms with Gasteiger partial charge in [0.15, 0.2) is 0 Å². The molecule has 3 unspecified atom stereocenters. The third-order valence-electron chi connectivity index (χ3n) is 4.61. The molecule has 2 aliphatic heterocycles. The lowest BCUT2D eigenvalue weighted by Gasteiger charge is -2.35. The van der Waals surface area contributed by atoms with Crippen LogP contribution in [0.3, 0.4) is 0 Å². The Hall–Kier alpha value is -2.47. The predicted molar refractivity (Wildman–Crippen MR) is 95.2 cm³/mol. The molecule has 1 aromatic rings. The van der Waals surface area contributed by atoms with E-state index in [4.69, 9.17) is 4.74 Å². The first kappa shape index (κ1) is 21.2. The van der Waals surface area contributed by atoms with Crippen molar-refractivity contribution in [2.75, 3.05) is 26.3 Å². The van der Waals surface area contributed by atoms with E-state index in [0.717, 1.165) is 0 Å². The van der Waals surface area contributed by atoms with Crippen molar-refractivity contribution in [3.05, 3.63) is 48.0 Å². The molecule has 0 radical (unpaired) electrons. The van der Waals surface area contributed by atoms with E-state index in [1.54, 1.807) is 4.90 Å². The maximum Gasteiger partial charge on any atom is 0.430 e. The Kier molecular flexibility index (Phi) is 6.52. The second kappa shape index (κ2) is 8.91. The minimum absolute atomic E-state index is 0.201. The number of hydroxylamine groups is 1. The molecule has 0 spiro atoms. The van der Waals surface area contributed by atoms with Crippen LogP contribution in [0.1, 0.15) is 22.1 Å². The van der Waals surface area contributed by atoms with Crippen LogP contribution >= 0.6 is 0 Å². The van der Waals surface area contributed by atoms with Crippen molar-refractivity contribution in [1.29, 1.82) is 0 Å². The number of morpholine rings is 1. The Morgan fingerprint density at radius 3 is 2.66 bits per heavy atom. The molecule has 0 aliphatic carbocycles. The van der Waals surface area contributed by atoms with Gasteiger partial charge in [0.25, 0.3) is 5.91 Å². The van der Waals surface area contributed by atoms with Gasteiger partial charge in [-0.25, -0.2) is 0 Å². The highest BCUT2D eigenvalue weighted by Crippen LogP contribution is 2.27. The summed E-state index contributed by atoms with van der Waals surface area (Å²) in [4.78, 5) is 30.3. The molecule has 8 nitrogen and oxygen atoms in total. The first-order valence-electron chi connectivity index (χ1n) is 8.92. The van der Waals surface area contributed by atoms with Crippen molar-refractivity contribution < 1.29 is 32.3 Å². The van der Waals surface area contributed by atoms with Gasteiger partial charge in [0.2, 0.25) is 12.1 Å². The van der Waals surface area contributed by atoms with Crippen LogP contribution in [0.4, 0.5) is 13.2 Å². The zero-order valence-corrected chi connectivity index (χ0v) is 15.4. The first-order chi connectivity index (χ1) is 13.8. The number of alkyl halides is 3. The predicted octanol–water partition coefficient (Wildman–Crippen LogP) is 0.841. The molecule has 3 N–H and O–H groups in total. The number of carbonyl (C=O) groups is 2. The van der Waals surface area contributed by atoms with Crippen LogP contribution in [-0.2, 0) is 14.4 Å². The monoisotopic (exact) mass is 414 g/mol. The number of nitrogens with zero attached hydrogens (tertiary/aromatic N) is 1. The highest BCUT2D eigenvalue weighted by molar-refractivity contribution is 5.94. The number of benzene rings is 1. The van der Waals surface area contributed by atoms with Gasteiger partial charge in [0, 0.05) is 18.7 Å². The van der Waals surface area contributed by atoms with E-state index >= 15 is 0 Å². The maximum absolute atomic E-state index is 12.6. The van der Waals surface area contributed by atoms with Gasteiger partial charge in [-0.05, 0) is 23.8 Å². The normalized spacial score (nSPS) is 24.9. The maximum atomic E-state index is 12.6. The van der Waals surface area contributed by atoms with Crippen LogP contribution in [0.2, 0.25) is 0 Å². The van der Waals surface area contributed by atoms with Gasteiger partial charge in [-0.15, -0.1) is 0 Å². The molecule has 158 valence electrons. The second-order valence-electron chi connectivity index (χ2n) is 6.55. The van der Waals surface area contributed by atoms with Gasteiger partial charge < -0.3 is 15.0 Å². The standard InChI is InChI=1S/C18H21F3N4O4/c1-2-14(26)25-7-8-28-10-13(25)9-22-16(27)12-5-3-11(4-6-12)15-23-17(29-24-15)18(19,20)21/h2-6,13,15,17,23-24H,1,7-10H2,(H,22,27). The minimum Gasteiger partial charge on any atom is -0.377 e. The summed E-state index contributed by atoms with van der Waals surface area (Å²) in [7, 11) is 0. The molecular weight excluding hydrogens is 393 g/mol. The SMILES string of the molecule is C=CC(=O)N1CCOCC1CNC(=O)c1ccc(C2NOC(C(F)(F)F)N2)cc1. The fourth-order valence-electron chi connectivity index (χ4n) is 3.05. The molecule has 0 bridgehead atoms. The first-order valence-corrected chi connectivity index (χ1v) is 8.92.